The van der Waals surface area contributed by atoms with Crippen molar-refractivity contribution in [2.24, 2.45) is 5.84 Å². The summed E-state index contributed by atoms with van der Waals surface area (Å²) in [6.07, 6.45) is 1.30. The summed E-state index contributed by atoms with van der Waals surface area (Å²) in [6, 6.07) is 0. The molecule has 0 fully saturated rings. The van der Waals surface area contributed by atoms with Gasteiger partial charge < -0.3 is 0 Å². The molecule has 0 aliphatic rings. The van der Waals surface area contributed by atoms with Gasteiger partial charge in [-0.2, -0.15) is 8.42 Å². The van der Waals surface area contributed by atoms with E-state index in [4.69, 9.17) is 10.4 Å². The van der Waals surface area contributed by atoms with E-state index in [0.717, 1.165) is 13.0 Å². The maximum atomic E-state index is 10.3. The van der Waals surface area contributed by atoms with Crippen molar-refractivity contribution >= 4 is 10.1 Å². The molecular formula is C6H16N2O3S. The highest BCUT2D eigenvalue weighted by Gasteiger charge is 2.04. The fraction of sp³-hybridized carbons (Fsp3) is 1.00. The molecule has 0 rings (SSSR count). The SMILES string of the molecule is CCCN(N)CCCS(=O)(=O)O. The van der Waals surface area contributed by atoms with E-state index in [1.165, 1.54) is 0 Å². The first-order valence-electron chi connectivity index (χ1n) is 3.90. The average molecular weight is 196 g/mol. The molecule has 0 radical (unpaired) electrons. The standard InChI is InChI=1S/C6H16N2O3S/c1-2-4-8(7)5-3-6-12(9,10)11/h2-7H2,1H3,(H,9,10,11). The van der Waals surface area contributed by atoms with Gasteiger partial charge in [0.15, 0.2) is 0 Å². The van der Waals surface area contributed by atoms with E-state index < -0.39 is 10.1 Å². The number of nitrogens with zero attached hydrogens (tertiary/aromatic N) is 1. The van der Waals surface area contributed by atoms with Gasteiger partial charge in [0.1, 0.15) is 0 Å². The molecule has 3 N–H and O–H groups in total. The van der Waals surface area contributed by atoms with E-state index in [9.17, 15) is 8.42 Å². The van der Waals surface area contributed by atoms with Crippen molar-refractivity contribution < 1.29 is 13.0 Å². The zero-order chi connectivity index (χ0) is 9.61. The van der Waals surface area contributed by atoms with Gasteiger partial charge in [-0.3, -0.25) is 10.4 Å². The van der Waals surface area contributed by atoms with Crippen molar-refractivity contribution in [3.05, 3.63) is 0 Å². The number of hydrogen-bond donors (Lipinski definition) is 2. The maximum Gasteiger partial charge on any atom is 0.264 e. The van der Waals surface area contributed by atoms with Crippen LogP contribution in [0.25, 0.3) is 0 Å². The van der Waals surface area contributed by atoms with Gasteiger partial charge in [-0.15, -0.1) is 0 Å². The second kappa shape index (κ2) is 5.47. The lowest BCUT2D eigenvalue weighted by Gasteiger charge is -2.13. The van der Waals surface area contributed by atoms with E-state index in [1.807, 2.05) is 6.92 Å². The molecule has 0 heterocycles. The Bertz CT molecular complexity index is 203. The summed E-state index contributed by atoms with van der Waals surface area (Å²) in [5.41, 5.74) is 0. The Morgan fingerprint density at radius 1 is 1.42 bits per heavy atom. The second-order valence-corrected chi connectivity index (χ2v) is 4.25. The van der Waals surface area contributed by atoms with Crippen LogP contribution in [0.1, 0.15) is 19.8 Å². The van der Waals surface area contributed by atoms with Crippen LogP contribution in [0.4, 0.5) is 0 Å². The third-order valence-corrected chi connectivity index (χ3v) is 2.16. The highest BCUT2D eigenvalue weighted by molar-refractivity contribution is 7.85. The maximum absolute atomic E-state index is 10.3. The lowest BCUT2D eigenvalue weighted by atomic mass is 10.4. The molecule has 0 unspecified atom stereocenters. The molecule has 0 aliphatic heterocycles. The Labute approximate surface area is 73.3 Å². The van der Waals surface area contributed by atoms with Crippen LogP contribution in [0.2, 0.25) is 0 Å². The van der Waals surface area contributed by atoms with Gasteiger partial charge >= 0.3 is 0 Å². The Kier molecular flexibility index (Phi) is 5.39. The minimum atomic E-state index is -3.82. The fourth-order valence-electron chi connectivity index (χ4n) is 0.849. The third kappa shape index (κ3) is 7.93. The molecule has 0 atom stereocenters. The number of hydrogen-bond acceptors (Lipinski definition) is 4. The molecular weight excluding hydrogens is 180 g/mol. The van der Waals surface area contributed by atoms with Crippen LogP contribution in [0.3, 0.4) is 0 Å². The molecule has 0 saturated carbocycles. The van der Waals surface area contributed by atoms with Crippen molar-refractivity contribution in [1.29, 1.82) is 0 Å². The molecule has 6 heteroatoms. The molecule has 0 aromatic carbocycles. The van der Waals surface area contributed by atoms with Gasteiger partial charge in [-0.25, -0.2) is 5.01 Å². The first-order chi connectivity index (χ1) is 5.45. The van der Waals surface area contributed by atoms with Gasteiger partial charge in [0.05, 0.1) is 5.75 Å². The predicted octanol–water partition coefficient (Wildman–Crippen LogP) is -0.150. The highest BCUT2D eigenvalue weighted by Crippen LogP contribution is 1.91. The topological polar surface area (TPSA) is 83.6 Å². The lowest BCUT2D eigenvalue weighted by molar-refractivity contribution is 0.284. The first-order valence-corrected chi connectivity index (χ1v) is 5.51. The minimum Gasteiger partial charge on any atom is -0.286 e. The van der Waals surface area contributed by atoms with E-state index in [2.05, 4.69) is 0 Å². The smallest absolute Gasteiger partial charge is 0.264 e. The number of nitrogens with two attached hydrogens (primary N) is 1. The van der Waals surface area contributed by atoms with Crippen LogP contribution in [0.5, 0.6) is 0 Å². The molecule has 5 nitrogen and oxygen atoms in total. The van der Waals surface area contributed by atoms with Crippen molar-refractivity contribution in [3.63, 3.8) is 0 Å². The zero-order valence-corrected chi connectivity index (χ0v) is 8.05. The molecule has 0 amide bonds. The number of hydrazine groups is 1. The molecule has 0 aromatic rings. The predicted molar refractivity (Wildman–Crippen MR) is 47.1 cm³/mol. The van der Waals surface area contributed by atoms with E-state index in [-0.39, 0.29) is 5.75 Å². The Balaban J connectivity index is 3.44. The monoisotopic (exact) mass is 196 g/mol. The first kappa shape index (κ1) is 11.8. The summed E-state index contributed by atoms with van der Waals surface area (Å²) in [5.74, 6) is 5.25. The third-order valence-electron chi connectivity index (χ3n) is 1.36. The lowest BCUT2D eigenvalue weighted by Crippen LogP contribution is -2.33. The van der Waals surface area contributed by atoms with Crippen LogP contribution < -0.4 is 5.84 Å². The van der Waals surface area contributed by atoms with Gasteiger partial charge in [0.25, 0.3) is 10.1 Å². The number of rotatable bonds is 6. The molecule has 0 aromatic heterocycles. The van der Waals surface area contributed by atoms with E-state index in [1.54, 1.807) is 5.01 Å². The van der Waals surface area contributed by atoms with E-state index >= 15 is 0 Å². The van der Waals surface area contributed by atoms with Gasteiger partial charge in [-0.05, 0) is 12.8 Å². The summed E-state index contributed by atoms with van der Waals surface area (Å²) >= 11 is 0. The zero-order valence-electron chi connectivity index (χ0n) is 7.23. The van der Waals surface area contributed by atoms with Gasteiger partial charge in [0, 0.05) is 13.1 Å². The van der Waals surface area contributed by atoms with E-state index in [0.29, 0.717) is 13.0 Å². The molecule has 0 spiro atoms. The molecule has 12 heavy (non-hydrogen) atoms. The molecule has 0 bridgehead atoms. The van der Waals surface area contributed by atoms with Crippen LogP contribution in [-0.4, -0.2) is 36.8 Å². The van der Waals surface area contributed by atoms with Crippen molar-refractivity contribution in [1.82, 2.24) is 5.01 Å². The van der Waals surface area contributed by atoms with Crippen LogP contribution in [0.15, 0.2) is 0 Å². The quantitative estimate of drug-likeness (QED) is 0.350. The summed E-state index contributed by atoms with van der Waals surface area (Å²) < 4.78 is 28.9. The Morgan fingerprint density at radius 2 is 2.00 bits per heavy atom. The fourth-order valence-corrected chi connectivity index (χ4v) is 1.34. The minimum absolute atomic E-state index is 0.218. The Morgan fingerprint density at radius 3 is 2.42 bits per heavy atom. The highest BCUT2D eigenvalue weighted by atomic mass is 32.2. The van der Waals surface area contributed by atoms with Crippen LogP contribution in [0, 0.1) is 0 Å². The van der Waals surface area contributed by atoms with Crippen molar-refractivity contribution in [3.8, 4) is 0 Å². The molecule has 74 valence electrons. The summed E-state index contributed by atoms with van der Waals surface area (Å²) in [6.45, 7) is 3.22. The normalized spacial score (nSPS) is 12.3. The van der Waals surface area contributed by atoms with Crippen molar-refractivity contribution in [2.45, 2.75) is 19.8 Å². The summed E-state index contributed by atoms with van der Waals surface area (Å²) in [7, 11) is -3.82. The molecule has 0 saturated heterocycles. The second-order valence-electron chi connectivity index (χ2n) is 2.68. The molecule has 0 aliphatic carbocycles. The van der Waals surface area contributed by atoms with Crippen LogP contribution >= 0.6 is 0 Å². The van der Waals surface area contributed by atoms with Gasteiger partial charge in [0.2, 0.25) is 0 Å². The largest absolute Gasteiger partial charge is 0.286 e. The van der Waals surface area contributed by atoms with Crippen molar-refractivity contribution in [2.75, 3.05) is 18.8 Å². The van der Waals surface area contributed by atoms with Gasteiger partial charge in [-0.1, -0.05) is 6.92 Å². The van der Waals surface area contributed by atoms with Crippen LogP contribution in [-0.2, 0) is 10.1 Å². The average Bonchev–Trinajstić information content (AvgIpc) is 1.84. The Hall–Kier alpha value is -0.170. The summed E-state index contributed by atoms with van der Waals surface area (Å²) in [4.78, 5) is 0. The summed E-state index contributed by atoms with van der Waals surface area (Å²) in [5, 5.41) is 1.55.